The SMILES string of the molecule is Nc1nc(NC2CCCC2)nc(N2CCCCC2)n1. The van der Waals surface area contributed by atoms with Crippen LogP contribution in [0, 0.1) is 0 Å². The number of hydrogen-bond acceptors (Lipinski definition) is 6. The van der Waals surface area contributed by atoms with Crippen molar-refractivity contribution in [2.75, 3.05) is 29.0 Å². The zero-order valence-electron chi connectivity index (χ0n) is 11.3. The van der Waals surface area contributed by atoms with Gasteiger partial charge < -0.3 is 16.0 Å². The van der Waals surface area contributed by atoms with Gasteiger partial charge in [0.2, 0.25) is 17.8 Å². The van der Waals surface area contributed by atoms with E-state index in [-0.39, 0.29) is 0 Å². The van der Waals surface area contributed by atoms with Crippen molar-refractivity contribution in [3.8, 4) is 0 Å². The molecule has 0 aromatic carbocycles. The summed E-state index contributed by atoms with van der Waals surface area (Å²) in [5.74, 6) is 1.68. The fourth-order valence-electron chi connectivity index (χ4n) is 2.93. The van der Waals surface area contributed by atoms with Gasteiger partial charge in [-0.2, -0.15) is 15.0 Å². The molecule has 6 nitrogen and oxygen atoms in total. The van der Waals surface area contributed by atoms with E-state index in [2.05, 4.69) is 25.2 Å². The molecule has 2 heterocycles. The lowest BCUT2D eigenvalue weighted by molar-refractivity contribution is 0.567. The van der Waals surface area contributed by atoms with Crippen molar-refractivity contribution in [2.24, 2.45) is 0 Å². The zero-order valence-corrected chi connectivity index (χ0v) is 11.3. The second-order valence-electron chi connectivity index (χ2n) is 5.49. The fraction of sp³-hybridized carbons (Fsp3) is 0.769. The van der Waals surface area contributed by atoms with Crippen molar-refractivity contribution in [3.05, 3.63) is 0 Å². The second kappa shape index (κ2) is 5.59. The Morgan fingerprint density at radius 1 is 0.947 bits per heavy atom. The quantitative estimate of drug-likeness (QED) is 0.864. The fourth-order valence-corrected chi connectivity index (χ4v) is 2.93. The summed E-state index contributed by atoms with van der Waals surface area (Å²) in [6, 6.07) is 0.496. The monoisotopic (exact) mass is 262 g/mol. The number of nitrogens with one attached hydrogen (secondary N) is 1. The summed E-state index contributed by atoms with van der Waals surface area (Å²) in [5.41, 5.74) is 5.81. The Balaban J connectivity index is 1.74. The van der Waals surface area contributed by atoms with Crippen molar-refractivity contribution in [1.29, 1.82) is 0 Å². The van der Waals surface area contributed by atoms with E-state index in [0.29, 0.717) is 17.9 Å². The van der Waals surface area contributed by atoms with Crippen LogP contribution >= 0.6 is 0 Å². The van der Waals surface area contributed by atoms with Crippen molar-refractivity contribution in [1.82, 2.24) is 15.0 Å². The minimum absolute atomic E-state index is 0.316. The molecule has 1 aromatic rings. The molecule has 104 valence electrons. The molecule has 0 spiro atoms. The number of anilines is 3. The van der Waals surface area contributed by atoms with Gasteiger partial charge in [-0.05, 0) is 32.1 Å². The maximum atomic E-state index is 5.81. The number of piperidine rings is 1. The Bertz CT molecular complexity index is 423. The van der Waals surface area contributed by atoms with E-state index in [0.717, 1.165) is 19.0 Å². The maximum absolute atomic E-state index is 5.81. The highest BCUT2D eigenvalue weighted by Crippen LogP contribution is 2.22. The molecule has 2 aliphatic rings. The standard InChI is InChI=1S/C13H22N6/c14-11-16-12(15-10-6-2-3-7-10)18-13(17-11)19-8-4-1-5-9-19/h10H,1-9H2,(H3,14,15,16,17,18). The molecule has 1 aliphatic heterocycles. The largest absolute Gasteiger partial charge is 0.368 e. The van der Waals surface area contributed by atoms with Crippen molar-refractivity contribution < 1.29 is 0 Å². The number of hydrogen-bond donors (Lipinski definition) is 2. The van der Waals surface area contributed by atoms with Crippen LogP contribution in [-0.4, -0.2) is 34.1 Å². The predicted molar refractivity (Wildman–Crippen MR) is 76.2 cm³/mol. The van der Waals surface area contributed by atoms with Gasteiger partial charge >= 0.3 is 0 Å². The van der Waals surface area contributed by atoms with Crippen molar-refractivity contribution >= 4 is 17.8 Å². The summed E-state index contributed by atoms with van der Waals surface area (Å²) < 4.78 is 0. The van der Waals surface area contributed by atoms with Gasteiger partial charge in [0.25, 0.3) is 0 Å². The first kappa shape index (κ1) is 12.4. The first-order chi connectivity index (χ1) is 9.31. The molecule has 19 heavy (non-hydrogen) atoms. The van der Waals surface area contributed by atoms with Crippen LogP contribution in [0.2, 0.25) is 0 Å². The third kappa shape index (κ3) is 3.05. The number of rotatable bonds is 3. The number of nitrogen functional groups attached to an aromatic ring is 1. The first-order valence-electron chi connectivity index (χ1n) is 7.34. The molecular formula is C13H22N6. The van der Waals surface area contributed by atoms with E-state index in [1.165, 1.54) is 44.9 Å². The van der Waals surface area contributed by atoms with Crippen LogP contribution in [0.4, 0.5) is 17.8 Å². The Kier molecular flexibility index (Phi) is 3.66. The van der Waals surface area contributed by atoms with E-state index in [9.17, 15) is 0 Å². The molecular weight excluding hydrogens is 240 g/mol. The molecule has 6 heteroatoms. The summed E-state index contributed by atoms with van der Waals surface area (Å²) in [7, 11) is 0. The van der Waals surface area contributed by atoms with Crippen LogP contribution in [-0.2, 0) is 0 Å². The summed E-state index contributed by atoms with van der Waals surface area (Å²) in [5, 5.41) is 3.39. The van der Waals surface area contributed by atoms with E-state index in [1.54, 1.807) is 0 Å². The molecule has 0 amide bonds. The topological polar surface area (TPSA) is 80.0 Å². The Morgan fingerprint density at radius 2 is 1.68 bits per heavy atom. The van der Waals surface area contributed by atoms with Crippen LogP contribution in [0.25, 0.3) is 0 Å². The minimum atomic E-state index is 0.316. The van der Waals surface area contributed by atoms with E-state index in [4.69, 9.17) is 5.73 Å². The average molecular weight is 262 g/mol. The number of nitrogens with two attached hydrogens (primary N) is 1. The Hall–Kier alpha value is -1.59. The third-order valence-electron chi connectivity index (χ3n) is 3.97. The summed E-state index contributed by atoms with van der Waals surface area (Å²) in [6.45, 7) is 2.04. The van der Waals surface area contributed by atoms with Gasteiger partial charge in [-0.3, -0.25) is 0 Å². The summed E-state index contributed by atoms with van der Waals surface area (Å²) >= 11 is 0. The first-order valence-corrected chi connectivity index (χ1v) is 7.34. The average Bonchev–Trinajstić information content (AvgIpc) is 2.92. The van der Waals surface area contributed by atoms with Gasteiger partial charge in [0.05, 0.1) is 0 Å². The van der Waals surface area contributed by atoms with E-state index in [1.807, 2.05) is 0 Å². The summed E-state index contributed by atoms with van der Waals surface area (Å²) in [6.07, 6.45) is 8.68. The van der Waals surface area contributed by atoms with Crippen LogP contribution in [0.15, 0.2) is 0 Å². The van der Waals surface area contributed by atoms with Crippen LogP contribution in [0.3, 0.4) is 0 Å². The van der Waals surface area contributed by atoms with Crippen molar-refractivity contribution in [3.63, 3.8) is 0 Å². The molecule has 1 saturated heterocycles. The number of aromatic nitrogens is 3. The molecule has 3 rings (SSSR count). The lowest BCUT2D eigenvalue weighted by Gasteiger charge is -2.27. The molecule has 1 aromatic heterocycles. The van der Waals surface area contributed by atoms with Gasteiger partial charge in [-0.15, -0.1) is 0 Å². The van der Waals surface area contributed by atoms with E-state index < -0.39 is 0 Å². The van der Waals surface area contributed by atoms with E-state index >= 15 is 0 Å². The Morgan fingerprint density at radius 3 is 2.42 bits per heavy atom. The molecule has 1 aliphatic carbocycles. The minimum Gasteiger partial charge on any atom is -0.368 e. The van der Waals surface area contributed by atoms with Crippen molar-refractivity contribution in [2.45, 2.75) is 51.0 Å². The highest BCUT2D eigenvalue weighted by atomic mass is 15.3. The van der Waals surface area contributed by atoms with Gasteiger partial charge in [-0.1, -0.05) is 12.8 Å². The highest BCUT2D eigenvalue weighted by molar-refractivity contribution is 5.42. The van der Waals surface area contributed by atoms with Gasteiger partial charge in [0, 0.05) is 19.1 Å². The predicted octanol–water partition coefficient (Wildman–Crippen LogP) is 1.80. The van der Waals surface area contributed by atoms with Gasteiger partial charge in [0.15, 0.2) is 0 Å². The lowest BCUT2D eigenvalue weighted by atomic mass is 10.1. The smallest absolute Gasteiger partial charge is 0.231 e. The summed E-state index contributed by atoms with van der Waals surface area (Å²) in [4.78, 5) is 15.2. The molecule has 0 unspecified atom stereocenters. The lowest BCUT2D eigenvalue weighted by Crippen LogP contribution is -2.31. The van der Waals surface area contributed by atoms with Gasteiger partial charge in [0.1, 0.15) is 0 Å². The van der Waals surface area contributed by atoms with Crippen LogP contribution in [0.5, 0.6) is 0 Å². The van der Waals surface area contributed by atoms with Crippen LogP contribution < -0.4 is 16.0 Å². The number of nitrogens with zero attached hydrogens (tertiary/aromatic N) is 4. The normalized spacial score (nSPS) is 20.7. The molecule has 0 radical (unpaired) electrons. The maximum Gasteiger partial charge on any atom is 0.231 e. The Labute approximate surface area is 113 Å². The van der Waals surface area contributed by atoms with Crippen LogP contribution in [0.1, 0.15) is 44.9 Å². The molecule has 0 bridgehead atoms. The molecule has 2 fully saturated rings. The van der Waals surface area contributed by atoms with Gasteiger partial charge in [-0.25, -0.2) is 0 Å². The molecule has 0 atom stereocenters. The second-order valence-corrected chi connectivity index (χ2v) is 5.49. The highest BCUT2D eigenvalue weighted by Gasteiger charge is 2.19. The zero-order chi connectivity index (χ0) is 13.1. The third-order valence-corrected chi connectivity index (χ3v) is 3.97. The molecule has 3 N–H and O–H groups in total. The molecule has 1 saturated carbocycles.